The first-order valence-electron chi connectivity index (χ1n) is 11.6. The van der Waals surface area contributed by atoms with Crippen LogP contribution in [0.25, 0.3) is 0 Å². The quantitative estimate of drug-likeness (QED) is 0.563. The van der Waals surface area contributed by atoms with Gasteiger partial charge in [0.25, 0.3) is 5.69 Å². The Bertz CT molecular complexity index is 955. The molecule has 1 N–H and O–H groups in total. The van der Waals surface area contributed by atoms with Crippen molar-refractivity contribution in [3.63, 3.8) is 0 Å². The Hall–Kier alpha value is -2.81. The predicted molar refractivity (Wildman–Crippen MR) is 114 cm³/mol. The fourth-order valence-electron chi connectivity index (χ4n) is 5.92. The molecule has 4 fully saturated rings. The third kappa shape index (κ3) is 3.39. The molecule has 0 bridgehead atoms. The SMILES string of the molecule is O=C1CCC2C1C(c1cccc([N+](=O)[O-])c1)N(C(=O)C1CCC1)C2C(=O)N1CCNCC1. The van der Waals surface area contributed by atoms with Crippen molar-refractivity contribution in [1.82, 2.24) is 15.1 Å². The first-order valence-corrected chi connectivity index (χ1v) is 11.6. The molecular formula is C23H28N4O5. The molecule has 170 valence electrons. The van der Waals surface area contributed by atoms with Gasteiger partial charge in [-0.05, 0) is 24.8 Å². The van der Waals surface area contributed by atoms with Gasteiger partial charge in [-0.15, -0.1) is 0 Å². The summed E-state index contributed by atoms with van der Waals surface area (Å²) >= 11 is 0. The number of carbonyl (C=O) groups is 3. The lowest BCUT2D eigenvalue weighted by molar-refractivity contribution is -0.385. The zero-order valence-corrected chi connectivity index (χ0v) is 17.9. The molecule has 4 aliphatic rings. The summed E-state index contributed by atoms with van der Waals surface area (Å²) in [5.41, 5.74) is 0.505. The van der Waals surface area contributed by atoms with Gasteiger partial charge < -0.3 is 15.1 Å². The average Bonchev–Trinajstić information content (AvgIpc) is 3.30. The van der Waals surface area contributed by atoms with E-state index in [4.69, 9.17) is 0 Å². The highest BCUT2D eigenvalue weighted by molar-refractivity contribution is 5.95. The van der Waals surface area contributed by atoms with Crippen molar-refractivity contribution >= 4 is 23.3 Å². The van der Waals surface area contributed by atoms with Crippen LogP contribution in [0.2, 0.25) is 0 Å². The van der Waals surface area contributed by atoms with Gasteiger partial charge in [-0.1, -0.05) is 18.6 Å². The lowest BCUT2D eigenvalue weighted by atomic mass is 9.83. The van der Waals surface area contributed by atoms with Crippen molar-refractivity contribution in [1.29, 1.82) is 0 Å². The molecule has 2 aliphatic carbocycles. The first kappa shape index (κ1) is 21.1. The van der Waals surface area contributed by atoms with Gasteiger partial charge in [0, 0.05) is 62.5 Å². The van der Waals surface area contributed by atoms with E-state index < -0.39 is 22.9 Å². The number of fused-ring (bicyclic) bond motifs is 1. The molecule has 2 aliphatic heterocycles. The predicted octanol–water partition coefficient (Wildman–Crippen LogP) is 1.67. The monoisotopic (exact) mass is 440 g/mol. The molecule has 2 saturated carbocycles. The molecule has 4 atom stereocenters. The number of benzene rings is 1. The number of ketones is 1. The summed E-state index contributed by atoms with van der Waals surface area (Å²) in [6, 6.07) is 4.92. The number of nitrogens with zero attached hydrogens (tertiary/aromatic N) is 3. The number of nitro groups is 1. The molecular weight excluding hydrogens is 412 g/mol. The molecule has 0 spiro atoms. The molecule has 1 aromatic carbocycles. The van der Waals surface area contributed by atoms with Crippen LogP contribution in [0.1, 0.15) is 43.7 Å². The number of hydrogen-bond acceptors (Lipinski definition) is 6. The van der Waals surface area contributed by atoms with E-state index in [9.17, 15) is 24.5 Å². The molecule has 4 unspecified atom stereocenters. The minimum Gasteiger partial charge on any atom is -0.338 e. The Morgan fingerprint density at radius 3 is 2.50 bits per heavy atom. The van der Waals surface area contributed by atoms with Crippen molar-refractivity contribution in [2.24, 2.45) is 17.8 Å². The van der Waals surface area contributed by atoms with Crippen LogP contribution in [0.4, 0.5) is 5.69 Å². The molecule has 32 heavy (non-hydrogen) atoms. The van der Waals surface area contributed by atoms with Gasteiger partial charge in [0.15, 0.2) is 0 Å². The van der Waals surface area contributed by atoms with Crippen LogP contribution in [-0.4, -0.2) is 64.5 Å². The maximum atomic E-state index is 13.7. The fourth-order valence-corrected chi connectivity index (χ4v) is 5.92. The molecule has 5 rings (SSSR count). The summed E-state index contributed by atoms with van der Waals surface area (Å²) in [7, 11) is 0. The molecule has 9 heteroatoms. The van der Waals surface area contributed by atoms with E-state index in [0.717, 1.165) is 19.3 Å². The number of hydrogen-bond donors (Lipinski definition) is 1. The lowest BCUT2D eigenvalue weighted by Crippen LogP contribution is -2.56. The molecule has 0 aromatic heterocycles. The average molecular weight is 441 g/mol. The largest absolute Gasteiger partial charge is 0.338 e. The minimum absolute atomic E-state index is 0.0496. The zero-order chi connectivity index (χ0) is 22.4. The zero-order valence-electron chi connectivity index (χ0n) is 17.9. The molecule has 2 amide bonds. The van der Waals surface area contributed by atoms with E-state index in [2.05, 4.69) is 5.32 Å². The summed E-state index contributed by atoms with van der Waals surface area (Å²) in [6.45, 7) is 2.56. The Kier molecular flexibility index (Phi) is 5.44. The Morgan fingerprint density at radius 1 is 1.09 bits per heavy atom. The lowest BCUT2D eigenvalue weighted by Gasteiger charge is -2.39. The van der Waals surface area contributed by atoms with Crippen LogP contribution in [0.15, 0.2) is 24.3 Å². The third-order valence-electron chi connectivity index (χ3n) is 7.72. The van der Waals surface area contributed by atoms with Gasteiger partial charge in [0.2, 0.25) is 11.8 Å². The Balaban J connectivity index is 1.58. The number of carbonyl (C=O) groups excluding carboxylic acids is 3. The van der Waals surface area contributed by atoms with E-state index in [1.54, 1.807) is 21.9 Å². The minimum atomic E-state index is -0.679. The highest BCUT2D eigenvalue weighted by Gasteiger charge is 2.60. The summed E-state index contributed by atoms with van der Waals surface area (Å²) in [5, 5.41) is 14.7. The van der Waals surface area contributed by atoms with E-state index in [1.807, 2.05) is 0 Å². The van der Waals surface area contributed by atoms with E-state index >= 15 is 0 Å². The summed E-state index contributed by atoms with van der Waals surface area (Å²) < 4.78 is 0. The number of piperazine rings is 1. The normalized spacial score (nSPS) is 30.2. The number of amides is 2. The van der Waals surface area contributed by atoms with Gasteiger partial charge in [0.05, 0.1) is 11.0 Å². The maximum absolute atomic E-state index is 13.7. The molecule has 9 nitrogen and oxygen atoms in total. The molecule has 2 saturated heterocycles. The van der Waals surface area contributed by atoms with Gasteiger partial charge in [-0.2, -0.15) is 0 Å². The van der Waals surface area contributed by atoms with Crippen molar-refractivity contribution in [3.05, 3.63) is 39.9 Å². The summed E-state index contributed by atoms with van der Waals surface area (Å²) in [5.74, 6) is -0.978. The van der Waals surface area contributed by atoms with Crippen LogP contribution in [0.3, 0.4) is 0 Å². The van der Waals surface area contributed by atoms with Crippen LogP contribution < -0.4 is 5.32 Å². The van der Waals surface area contributed by atoms with Gasteiger partial charge >= 0.3 is 0 Å². The van der Waals surface area contributed by atoms with Crippen molar-refractivity contribution < 1.29 is 19.3 Å². The van der Waals surface area contributed by atoms with Gasteiger partial charge in [-0.3, -0.25) is 24.5 Å². The Morgan fingerprint density at radius 2 is 1.84 bits per heavy atom. The van der Waals surface area contributed by atoms with Crippen LogP contribution in [0, 0.1) is 27.9 Å². The van der Waals surface area contributed by atoms with Crippen molar-refractivity contribution in [2.45, 2.75) is 44.2 Å². The number of rotatable bonds is 4. The molecule has 1 aromatic rings. The van der Waals surface area contributed by atoms with Crippen LogP contribution >= 0.6 is 0 Å². The number of non-ortho nitro benzene ring substituents is 1. The van der Waals surface area contributed by atoms with E-state index in [-0.39, 0.29) is 35.1 Å². The smallest absolute Gasteiger partial charge is 0.269 e. The summed E-state index contributed by atoms with van der Waals surface area (Å²) in [6.07, 6.45) is 3.51. The molecule has 2 heterocycles. The van der Waals surface area contributed by atoms with Crippen molar-refractivity contribution in [2.75, 3.05) is 26.2 Å². The second-order valence-electron chi connectivity index (χ2n) is 9.39. The first-order chi connectivity index (χ1) is 15.5. The maximum Gasteiger partial charge on any atom is 0.269 e. The number of likely N-dealkylation sites (tertiary alicyclic amines) is 1. The highest BCUT2D eigenvalue weighted by atomic mass is 16.6. The number of nitro benzene ring substituents is 1. The van der Waals surface area contributed by atoms with E-state index in [1.165, 1.54) is 12.1 Å². The van der Waals surface area contributed by atoms with Crippen LogP contribution in [0.5, 0.6) is 0 Å². The third-order valence-corrected chi connectivity index (χ3v) is 7.72. The number of nitrogens with one attached hydrogen (secondary N) is 1. The number of Topliss-reactive ketones (excluding diaryl/α,β-unsaturated/α-hetero) is 1. The summed E-state index contributed by atoms with van der Waals surface area (Å²) in [4.78, 5) is 54.8. The van der Waals surface area contributed by atoms with Gasteiger partial charge in [0.1, 0.15) is 11.8 Å². The Labute approximate surface area is 186 Å². The topological polar surface area (TPSA) is 113 Å². The van der Waals surface area contributed by atoms with E-state index in [0.29, 0.717) is 44.6 Å². The highest BCUT2D eigenvalue weighted by Crippen LogP contribution is 2.53. The fraction of sp³-hybridized carbons (Fsp3) is 0.609. The second-order valence-corrected chi connectivity index (χ2v) is 9.39. The second kappa shape index (κ2) is 8.27. The van der Waals surface area contributed by atoms with Crippen LogP contribution in [-0.2, 0) is 14.4 Å². The van der Waals surface area contributed by atoms with Gasteiger partial charge in [-0.25, -0.2) is 0 Å². The standard InChI is InChI=1S/C23H28N4O5/c28-18-8-7-17-19(18)20(15-5-2-6-16(13-15)27(31)32)26(22(29)14-3-1-4-14)21(17)23(30)25-11-9-24-10-12-25/h2,5-6,13-14,17,19-21,24H,1,3-4,7-12H2. The molecule has 0 radical (unpaired) electrons. The van der Waals surface area contributed by atoms with Crippen molar-refractivity contribution in [3.8, 4) is 0 Å².